The van der Waals surface area contributed by atoms with Gasteiger partial charge in [0.2, 0.25) is 0 Å². The molecule has 0 saturated carbocycles. The molecule has 1 aliphatic heterocycles. The van der Waals surface area contributed by atoms with Crippen molar-refractivity contribution >= 4 is 26.6 Å². The van der Waals surface area contributed by atoms with Gasteiger partial charge in [0.25, 0.3) is 5.56 Å². The summed E-state index contributed by atoms with van der Waals surface area (Å²) in [5.41, 5.74) is 0.0220. The first-order valence-corrected chi connectivity index (χ1v) is 10.8. The molecule has 158 valence electrons. The van der Waals surface area contributed by atoms with E-state index in [-0.39, 0.29) is 34.2 Å². The first kappa shape index (κ1) is 20.3. The van der Waals surface area contributed by atoms with Crippen LogP contribution in [0.4, 0.5) is 19.0 Å². The van der Waals surface area contributed by atoms with Gasteiger partial charge in [-0.3, -0.25) is 4.79 Å². The molecule has 0 atom stereocenters. The molecule has 4 rings (SSSR count). The Morgan fingerprint density at radius 2 is 1.83 bits per heavy atom. The van der Waals surface area contributed by atoms with Crippen LogP contribution in [0.1, 0.15) is 5.56 Å². The molecule has 3 heterocycles. The highest BCUT2D eigenvalue weighted by Crippen LogP contribution is 2.33. The van der Waals surface area contributed by atoms with Crippen LogP contribution in [0.15, 0.2) is 41.6 Å². The maximum Gasteiger partial charge on any atom is 0.416 e. The number of nitrogens with one attached hydrogen (secondary N) is 1. The van der Waals surface area contributed by atoms with Crippen LogP contribution in [-0.2, 0) is 23.1 Å². The number of hydrogen-bond acceptors (Lipinski definition) is 6. The molecule has 0 aliphatic carbocycles. The lowest BCUT2D eigenvalue weighted by Crippen LogP contribution is -2.40. The molecule has 30 heavy (non-hydrogen) atoms. The number of benzene rings is 1. The van der Waals surface area contributed by atoms with Gasteiger partial charge in [-0.1, -0.05) is 12.1 Å². The van der Waals surface area contributed by atoms with Gasteiger partial charge in [0.05, 0.1) is 28.9 Å². The Morgan fingerprint density at radius 3 is 2.43 bits per heavy atom. The third-order valence-electron chi connectivity index (χ3n) is 5.01. The van der Waals surface area contributed by atoms with E-state index < -0.39 is 21.6 Å². The number of aromatic nitrogens is 3. The fourth-order valence-electron chi connectivity index (χ4n) is 3.42. The van der Waals surface area contributed by atoms with Gasteiger partial charge in [0.15, 0.2) is 9.84 Å². The van der Waals surface area contributed by atoms with Crippen molar-refractivity contribution < 1.29 is 21.6 Å². The smallest absolute Gasteiger partial charge is 0.369 e. The standard InChI is InChI=1S/C19H17F3N4O3S/c1-26-10-25-16-14(12-2-4-13(5-3-12)19(20,21)22)7-24-17(15(16)18(26)27)23-6-11-8-30(28,29)9-11/h2-5,7,10-11H,6,8-9H2,1H3,(H,23,24). The highest BCUT2D eigenvalue weighted by molar-refractivity contribution is 7.92. The zero-order valence-electron chi connectivity index (χ0n) is 15.8. The molecule has 0 bridgehead atoms. The Bertz CT molecular complexity index is 1270. The number of fused-ring (bicyclic) bond motifs is 1. The van der Waals surface area contributed by atoms with Gasteiger partial charge in [-0.05, 0) is 17.7 Å². The number of aryl methyl sites for hydroxylation is 1. The minimum Gasteiger partial charge on any atom is -0.369 e. The molecule has 1 aliphatic rings. The topological polar surface area (TPSA) is 93.9 Å². The van der Waals surface area contributed by atoms with E-state index in [0.29, 0.717) is 23.2 Å². The van der Waals surface area contributed by atoms with Crippen LogP contribution in [-0.4, -0.2) is 41.0 Å². The lowest BCUT2D eigenvalue weighted by Gasteiger charge is -2.26. The quantitative estimate of drug-likeness (QED) is 0.673. The van der Waals surface area contributed by atoms with Crippen LogP contribution in [0, 0.1) is 5.92 Å². The van der Waals surface area contributed by atoms with Crippen molar-refractivity contribution in [1.82, 2.24) is 14.5 Å². The Morgan fingerprint density at radius 1 is 1.17 bits per heavy atom. The maximum absolute atomic E-state index is 12.8. The summed E-state index contributed by atoms with van der Waals surface area (Å²) in [6.07, 6.45) is -1.67. The molecule has 1 saturated heterocycles. The van der Waals surface area contributed by atoms with Crippen LogP contribution in [0.2, 0.25) is 0 Å². The first-order valence-electron chi connectivity index (χ1n) is 9.01. The largest absolute Gasteiger partial charge is 0.416 e. The van der Waals surface area contributed by atoms with E-state index >= 15 is 0 Å². The van der Waals surface area contributed by atoms with E-state index in [4.69, 9.17) is 0 Å². The van der Waals surface area contributed by atoms with Gasteiger partial charge in [0, 0.05) is 31.3 Å². The fourth-order valence-corrected chi connectivity index (χ4v) is 5.00. The van der Waals surface area contributed by atoms with Crippen LogP contribution in [0.5, 0.6) is 0 Å². The monoisotopic (exact) mass is 438 g/mol. The lowest BCUT2D eigenvalue weighted by atomic mass is 10.0. The van der Waals surface area contributed by atoms with Crippen molar-refractivity contribution in [2.75, 3.05) is 23.4 Å². The van der Waals surface area contributed by atoms with E-state index in [1.165, 1.54) is 36.3 Å². The van der Waals surface area contributed by atoms with Crippen LogP contribution in [0.3, 0.4) is 0 Å². The van der Waals surface area contributed by atoms with Crippen LogP contribution in [0.25, 0.3) is 22.0 Å². The Hall–Kier alpha value is -2.95. The SMILES string of the molecule is Cn1cnc2c(-c3ccc(C(F)(F)F)cc3)cnc(NCC3CS(=O)(=O)C3)c2c1=O. The minimum atomic E-state index is -4.45. The number of alkyl halides is 3. The second-order valence-corrected chi connectivity index (χ2v) is 9.46. The molecule has 1 fully saturated rings. The Balaban J connectivity index is 1.74. The van der Waals surface area contributed by atoms with Gasteiger partial charge in [-0.25, -0.2) is 18.4 Å². The molecule has 1 aromatic carbocycles. The highest BCUT2D eigenvalue weighted by Gasteiger charge is 2.33. The summed E-state index contributed by atoms with van der Waals surface area (Å²) in [6.45, 7) is 0.332. The Labute approximate surface area is 169 Å². The third kappa shape index (κ3) is 3.76. The molecular weight excluding hydrogens is 421 g/mol. The number of nitrogens with zero attached hydrogens (tertiary/aromatic N) is 3. The molecular formula is C19H17F3N4O3S. The van der Waals surface area contributed by atoms with Gasteiger partial charge < -0.3 is 9.88 Å². The van der Waals surface area contributed by atoms with Crippen molar-refractivity contribution in [2.24, 2.45) is 13.0 Å². The van der Waals surface area contributed by atoms with Crippen molar-refractivity contribution in [1.29, 1.82) is 0 Å². The molecule has 2 aromatic heterocycles. The number of hydrogen-bond donors (Lipinski definition) is 1. The van der Waals surface area contributed by atoms with E-state index in [2.05, 4.69) is 15.3 Å². The summed E-state index contributed by atoms with van der Waals surface area (Å²) >= 11 is 0. The summed E-state index contributed by atoms with van der Waals surface area (Å²) in [5.74, 6) is 0.357. The summed E-state index contributed by atoms with van der Waals surface area (Å²) < 4.78 is 62.5. The number of pyridine rings is 1. The molecule has 0 unspecified atom stereocenters. The van der Waals surface area contributed by atoms with E-state index in [9.17, 15) is 26.4 Å². The minimum absolute atomic E-state index is 0.0676. The van der Waals surface area contributed by atoms with Crippen molar-refractivity contribution in [3.8, 4) is 11.1 Å². The fraction of sp³-hybridized carbons (Fsp3) is 0.316. The van der Waals surface area contributed by atoms with E-state index in [0.717, 1.165) is 12.1 Å². The molecule has 0 spiro atoms. The Kier molecular flexibility index (Phi) is 4.80. The molecule has 0 radical (unpaired) electrons. The number of halogens is 3. The van der Waals surface area contributed by atoms with Crippen molar-refractivity contribution in [2.45, 2.75) is 6.18 Å². The average molecular weight is 438 g/mol. The van der Waals surface area contributed by atoms with Crippen molar-refractivity contribution in [3.63, 3.8) is 0 Å². The second-order valence-electron chi connectivity index (χ2n) is 7.30. The number of sulfone groups is 1. The molecule has 7 nitrogen and oxygen atoms in total. The lowest BCUT2D eigenvalue weighted by molar-refractivity contribution is -0.137. The molecule has 1 N–H and O–H groups in total. The average Bonchev–Trinajstić information content (AvgIpc) is 2.66. The summed E-state index contributed by atoms with van der Waals surface area (Å²) in [6, 6.07) is 4.55. The zero-order valence-corrected chi connectivity index (χ0v) is 16.6. The summed E-state index contributed by atoms with van der Waals surface area (Å²) in [7, 11) is -1.44. The van der Waals surface area contributed by atoms with Crippen LogP contribution < -0.4 is 10.9 Å². The van der Waals surface area contributed by atoms with Gasteiger partial charge in [0.1, 0.15) is 11.2 Å². The van der Waals surface area contributed by atoms with E-state index in [1.54, 1.807) is 0 Å². The van der Waals surface area contributed by atoms with Crippen molar-refractivity contribution in [3.05, 3.63) is 52.7 Å². The predicted octanol–water partition coefficient (Wildman–Crippen LogP) is 2.47. The maximum atomic E-state index is 12.8. The summed E-state index contributed by atoms with van der Waals surface area (Å²) in [5, 5.41) is 3.22. The third-order valence-corrected chi connectivity index (χ3v) is 6.96. The van der Waals surface area contributed by atoms with E-state index in [1.807, 2.05) is 0 Å². The first-order chi connectivity index (χ1) is 14.0. The van der Waals surface area contributed by atoms with Gasteiger partial charge in [-0.15, -0.1) is 0 Å². The second kappa shape index (κ2) is 7.08. The zero-order chi connectivity index (χ0) is 21.7. The summed E-state index contributed by atoms with van der Waals surface area (Å²) in [4.78, 5) is 21.3. The normalized spacial score (nSPS) is 16.4. The molecule has 0 amide bonds. The molecule has 11 heteroatoms. The highest BCUT2D eigenvalue weighted by atomic mass is 32.2. The number of anilines is 1. The van der Waals surface area contributed by atoms with Gasteiger partial charge in [-0.2, -0.15) is 13.2 Å². The van der Waals surface area contributed by atoms with Gasteiger partial charge >= 0.3 is 6.18 Å². The predicted molar refractivity (Wildman–Crippen MR) is 106 cm³/mol. The molecule has 3 aromatic rings. The number of rotatable bonds is 4. The van der Waals surface area contributed by atoms with Crippen LogP contribution >= 0.6 is 0 Å².